The molecule has 0 saturated carbocycles. The molecule has 0 saturated heterocycles. The summed E-state index contributed by atoms with van der Waals surface area (Å²) in [6.07, 6.45) is 15.5. The van der Waals surface area contributed by atoms with Gasteiger partial charge in [0, 0.05) is 60.8 Å². The highest BCUT2D eigenvalue weighted by atomic mass is 16.6. The van der Waals surface area contributed by atoms with Crippen LogP contribution in [-0.2, 0) is 10.8 Å². The van der Waals surface area contributed by atoms with Crippen molar-refractivity contribution >= 4 is 29.6 Å². The molecule has 0 radical (unpaired) electrons. The Morgan fingerprint density at radius 1 is 0.766 bits per heavy atom. The van der Waals surface area contributed by atoms with Crippen LogP contribution in [0.4, 0.5) is 16.2 Å². The van der Waals surface area contributed by atoms with Crippen molar-refractivity contribution in [2.75, 3.05) is 65.8 Å². The maximum Gasteiger partial charge on any atom is 0.412 e. The molecule has 336 valence electrons. The second kappa shape index (κ2) is 18.7. The molecule has 4 aromatic carbocycles. The quantitative estimate of drug-likeness (QED) is 0.120. The van der Waals surface area contributed by atoms with Crippen LogP contribution in [0.2, 0.25) is 0 Å². The number of ether oxygens (including phenoxy) is 5. The average molecular weight is 865 g/mol. The molecular weight excluding hydrogens is 801 g/mol. The third-order valence-electron chi connectivity index (χ3n) is 13.4. The molecule has 10 heteroatoms. The normalized spacial score (nSPS) is 19.8. The van der Waals surface area contributed by atoms with Crippen molar-refractivity contribution in [2.45, 2.75) is 70.3 Å². The number of hydrogen-bond donors (Lipinski definition) is 2. The number of amides is 1. The largest absolute Gasteiger partial charge is 0.493 e. The Kier molecular flexibility index (Phi) is 13.3. The van der Waals surface area contributed by atoms with Crippen LogP contribution in [0.1, 0.15) is 76.1 Å². The topological polar surface area (TPSA) is 93.8 Å². The third-order valence-corrected chi connectivity index (χ3v) is 13.4. The summed E-state index contributed by atoms with van der Waals surface area (Å²) in [5, 5.41) is 6.84. The van der Waals surface area contributed by atoms with Gasteiger partial charge in [-0.3, -0.25) is 0 Å². The minimum Gasteiger partial charge on any atom is -0.493 e. The zero-order valence-electron chi connectivity index (χ0n) is 39.3. The van der Waals surface area contributed by atoms with E-state index in [1.165, 1.54) is 45.0 Å². The third kappa shape index (κ3) is 8.83. The van der Waals surface area contributed by atoms with Gasteiger partial charge in [-0.25, -0.2) is 4.79 Å². The maximum atomic E-state index is 13.4. The summed E-state index contributed by atoms with van der Waals surface area (Å²) in [7, 11) is 10.6. The molecule has 2 aliphatic heterocycles. The van der Waals surface area contributed by atoms with Gasteiger partial charge in [-0.15, -0.1) is 0 Å². The molecule has 2 N–H and O–H groups in total. The van der Waals surface area contributed by atoms with Crippen LogP contribution in [-0.4, -0.2) is 72.2 Å². The lowest BCUT2D eigenvalue weighted by molar-refractivity contribution is 0.197. The summed E-state index contributed by atoms with van der Waals surface area (Å²) in [4.78, 5) is 18.0. The highest BCUT2D eigenvalue weighted by Crippen LogP contribution is 2.49. The minimum absolute atomic E-state index is 0.125. The van der Waals surface area contributed by atoms with Crippen molar-refractivity contribution in [1.82, 2.24) is 10.2 Å². The first-order valence-corrected chi connectivity index (χ1v) is 22.0. The number of carbonyl (C=O) groups excluding carboxylic acids is 1. The fourth-order valence-corrected chi connectivity index (χ4v) is 9.42. The van der Waals surface area contributed by atoms with Crippen LogP contribution >= 0.6 is 0 Å². The van der Waals surface area contributed by atoms with Gasteiger partial charge in [-0.2, -0.15) is 0 Å². The number of para-hydroxylation sites is 2. The lowest BCUT2D eigenvalue weighted by Crippen LogP contribution is -2.44. The van der Waals surface area contributed by atoms with Gasteiger partial charge in [-0.1, -0.05) is 101 Å². The van der Waals surface area contributed by atoms with E-state index in [2.05, 4.69) is 142 Å². The van der Waals surface area contributed by atoms with Gasteiger partial charge in [0.25, 0.3) is 0 Å². The van der Waals surface area contributed by atoms with E-state index in [0.29, 0.717) is 41.8 Å². The van der Waals surface area contributed by atoms with Crippen LogP contribution in [0, 0.1) is 0 Å². The van der Waals surface area contributed by atoms with Crippen LogP contribution < -0.4 is 39.2 Å². The number of benzene rings is 4. The number of fused-ring (bicyclic) bond motifs is 2. The van der Waals surface area contributed by atoms with Gasteiger partial charge < -0.3 is 44.1 Å². The van der Waals surface area contributed by atoms with Gasteiger partial charge in [0.05, 0.1) is 34.0 Å². The average Bonchev–Trinajstić information content (AvgIpc) is 3.62. The first-order chi connectivity index (χ1) is 30.6. The SMILES string of the molecule is COc1ccc(/C=C\c2cc(OC)c(OC)c(OC)c2)cc1OC(=O)NCCN(C)C1=C(/C=C/C2(C)Nc3ccccc3C2(C)C)CCC/C1=C\C=C1\N(C)c2ccccc2C1(C)C. The number of likely N-dealkylation sites (N-methyl/N-ethyl adjacent to an activating group) is 2. The molecule has 0 fully saturated rings. The number of anilines is 2. The zero-order chi connectivity index (χ0) is 45.8. The molecular formula is C54H64N4O6. The molecule has 2 heterocycles. The van der Waals surface area contributed by atoms with E-state index in [-0.39, 0.29) is 16.4 Å². The second-order valence-electron chi connectivity index (χ2n) is 17.9. The molecule has 1 atom stereocenters. The van der Waals surface area contributed by atoms with E-state index in [0.717, 1.165) is 30.4 Å². The summed E-state index contributed by atoms with van der Waals surface area (Å²) in [5.74, 6) is 2.38. The van der Waals surface area contributed by atoms with E-state index >= 15 is 0 Å². The molecule has 0 spiro atoms. The van der Waals surface area contributed by atoms with Crippen LogP contribution in [0.5, 0.6) is 28.7 Å². The molecule has 1 aliphatic carbocycles. The Hall–Kier alpha value is -6.55. The fourth-order valence-electron chi connectivity index (χ4n) is 9.42. The summed E-state index contributed by atoms with van der Waals surface area (Å²) in [6, 6.07) is 26.5. The van der Waals surface area contributed by atoms with Crippen molar-refractivity contribution in [2.24, 2.45) is 0 Å². The van der Waals surface area contributed by atoms with Gasteiger partial charge in [0.2, 0.25) is 5.75 Å². The van der Waals surface area contributed by atoms with Gasteiger partial charge in [0.1, 0.15) is 0 Å². The summed E-state index contributed by atoms with van der Waals surface area (Å²) in [6.45, 7) is 12.5. The van der Waals surface area contributed by atoms with E-state index in [9.17, 15) is 4.79 Å². The molecule has 0 bridgehead atoms. The predicted molar refractivity (Wildman–Crippen MR) is 260 cm³/mol. The van der Waals surface area contributed by atoms with E-state index in [1.54, 1.807) is 40.6 Å². The Labute approximate surface area is 379 Å². The van der Waals surface area contributed by atoms with Gasteiger partial charge in [0.15, 0.2) is 23.0 Å². The van der Waals surface area contributed by atoms with Crippen molar-refractivity contribution in [3.63, 3.8) is 0 Å². The van der Waals surface area contributed by atoms with Crippen molar-refractivity contribution in [1.29, 1.82) is 0 Å². The number of methoxy groups -OCH3 is 4. The number of allylic oxidation sites excluding steroid dienone is 6. The number of nitrogens with one attached hydrogen (secondary N) is 2. The molecule has 64 heavy (non-hydrogen) atoms. The summed E-state index contributed by atoms with van der Waals surface area (Å²) < 4.78 is 28.0. The molecule has 4 aromatic rings. The molecule has 0 aromatic heterocycles. The van der Waals surface area contributed by atoms with E-state index < -0.39 is 6.09 Å². The number of nitrogens with zero attached hydrogens (tertiary/aromatic N) is 2. The summed E-state index contributed by atoms with van der Waals surface area (Å²) in [5.41, 5.74) is 11.2. The molecule has 3 aliphatic rings. The lowest BCUT2D eigenvalue weighted by atomic mass is 9.71. The minimum atomic E-state index is -0.566. The van der Waals surface area contributed by atoms with Crippen LogP contribution in [0.15, 0.2) is 126 Å². The lowest BCUT2D eigenvalue weighted by Gasteiger charge is -2.37. The van der Waals surface area contributed by atoms with Crippen molar-refractivity contribution in [3.05, 3.63) is 148 Å². The monoisotopic (exact) mass is 864 g/mol. The molecule has 7 rings (SSSR count). The Morgan fingerprint density at radius 3 is 2.09 bits per heavy atom. The van der Waals surface area contributed by atoms with Crippen molar-refractivity contribution in [3.8, 4) is 28.7 Å². The van der Waals surface area contributed by atoms with E-state index in [4.69, 9.17) is 23.7 Å². The Bertz CT molecular complexity index is 2520. The first-order valence-electron chi connectivity index (χ1n) is 22.0. The Balaban J connectivity index is 1.11. The zero-order valence-corrected chi connectivity index (χ0v) is 39.3. The molecule has 10 nitrogen and oxygen atoms in total. The highest BCUT2D eigenvalue weighted by molar-refractivity contribution is 5.76. The smallest absolute Gasteiger partial charge is 0.412 e. The Morgan fingerprint density at radius 2 is 1.42 bits per heavy atom. The predicted octanol–water partition coefficient (Wildman–Crippen LogP) is 11.3. The summed E-state index contributed by atoms with van der Waals surface area (Å²) >= 11 is 0. The number of hydrogen-bond acceptors (Lipinski definition) is 9. The van der Waals surface area contributed by atoms with Crippen molar-refractivity contribution < 1.29 is 28.5 Å². The highest BCUT2D eigenvalue weighted by Gasteiger charge is 2.47. The first kappa shape index (κ1) is 45.5. The second-order valence-corrected chi connectivity index (χ2v) is 17.9. The fraction of sp³-hybridized carbons (Fsp3) is 0.352. The van der Waals surface area contributed by atoms with Gasteiger partial charge in [-0.05, 0) is 102 Å². The van der Waals surface area contributed by atoms with Gasteiger partial charge >= 0.3 is 6.09 Å². The number of rotatable bonds is 14. The standard InChI is InChI=1S/C54H64N4O6/c1-52(2)41-20-13-15-22-43(41)58(7)48(52)28-26-38-17-16-18-39(29-30-54(5)53(3,4)40-19-12-14-21-42(40)56-54)49(38)57(6)32-31-55-51(59)64-45-33-36(25-27-44(45)60-8)23-24-37-34-46(61-9)50(63-11)47(35-37)62-10/h12-15,19-30,33-35,56H,16-18,31-32H2,1-11H3,(H,55,59)/b24-23-,30-29+,38-26+,48-28+. The molecule has 1 amide bonds. The maximum absolute atomic E-state index is 13.4. The van der Waals surface area contributed by atoms with Crippen LogP contribution in [0.25, 0.3) is 12.2 Å². The van der Waals surface area contributed by atoms with Crippen LogP contribution in [0.3, 0.4) is 0 Å². The number of carbonyl (C=O) groups is 1. The van der Waals surface area contributed by atoms with E-state index in [1.807, 2.05) is 30.4 Å². The molecule has 1 unspecified atom stereocenters.